The zero-order valence-electron chi connectivity index (χ0n) is 7.83. The van der Waals surface area contributed by atoms with E-state index in [0.717, 1.165) is 6.07 Å². The van der Waals surface area contributed by atoms with Gasteiger partial charge in [-0.3, -0.25) is 0 Å². The van der Waals surface area contributed by atoms with Crippen molar-refractivity contribution in [3.63, 3.8) is 0 Å². The van der Waals surface area contributed by atoms with Crippen molar-refractivity contribution in [1.82, 2.24) is 0 Å². The summed E-state index contributed by atoms with van der Waals surface area (Å²) in [7, 11) is -3.35. The molecule has 78 valence electrons. The Balaban J connectivity index is 3.15. The van der Waals surface area contributed by atoms with Crippen molar-refractivity contribution in [2.45, 2.75) is 18.2 Å². The molecule has 0 saturated carbocycles. The number of sulfone groups is 1. The minimum atomic E-state index is -3.35. The molecule has 0 radical (unpaired) electrons. The molecule has 0 unspecified atom stereocenters. The first-order valence-electron chi connectivity index (χ1n) is 4.25. The van der Waals surface area contributed by atoms with E-state index in [4.69, 9.17) is 5.73 Å². The molecule has 0 heterocycles. The smallest absolute Gasteiger partial charge is 0.178 e. The Labute approximate surface area is 82.7 Å². The van der Waals surface area contributed by atoms with E-state index in [-0.39, 0.29) is 16.3 Å². The fraction of sp³-hybridized carbons (Fsp3) is 0.333. The number of rotatable bonds is 3. The van der Waals surface area contributed by atoms with Crippen LogP contribution in [0.3, 0.4) is 0 Å². The van der Waals surface area contributed by atoms with Crippen LogP contribution in [0, 0.1) is 5.82 Å². The van der Waals surface area contributed by atoms with Gasteiger partial charge in [0.1, 0.15) is 5.82 Å². The molecule has 1 aromatic rings. The summed E-state index contributed by atoms with van der Waals surface area (Å²) in [5.41, 5.74) is 5.19. The Morgan fingerprint density at radius 2 is 2.07 bits per heavy atom. The minimum Gasteiger partial charge on any atom is -0.396 e. The average molecular weight is 217 g/mol. The predicted octanol–water partition coefficient (Wildman–Crippen LogP) is 1.59. The van der Waals surface area contributed by atoms with Crippen molar-refractivity contribution in [1.29, 1.82) is 0 Å². The highest BCUT2D eigenvalue weighted by molar-refractivity contribution is 7.91. The lowest BCUT2D eigenvalue weighted by atomic mass is 10.3. The molecule has 0 aromatic heterocycles. The summed E-state index contributed by atoms with van der Waals surface area (Å²) < 4.78 is 35.9. The summed E-state index contributed by atoms with van der Waals surface area (Å²) in [5, 5.41) is 0. The second-order valence-corrected chi connectivity index (χ2v) is 5.11. The lowest BCUT2D eigenvalue weighted by Crippen LogP contribution is -2.06. The van der Waals surface area contributed by atoms with Gasteiger partial charge in [-0.25, -0.2) is 12.8 Å². The van der Waals surface area contributed by atoms with Crippen LogP contribution < -0.4 is 5.73 Å². The third kappa shape index (κ3) is 2.23. The van der Waals surface area contributed by atoms with Gasteiger partial charge < -0.3 is 5.73 Å². The summed E-state index contributed by atoms with van der Waals surface area (Å²) in [6.45, 7) is 1.76. The van der Waals surface area contributed by atoms with E-state index in [0.29, 0.717) is 6.42 Å². The quantitative estimate of drug-likeness (QED) is 0.782. The Morgan fingerprint density at radius 1 is 1.43 bits per heavy atom. The van der Waals surface area contributed by atoms with Crippen LogP contribution in [0.4, 0.5) is 10.1 Å². The Kier molecular flexibility index (Phi) is 3.10. The standard InChI is InChI=1S/C9H12FNO2S/c1-2-5-14(12,13)7-3-4-9(11)8(10)6-7/h3-4,6H,2,5,11H2,1H3. The number of nitrogens with two attached hydrogens (primary N) is 1. The van der Waals surface area contributed by atoms with E-state index >= 15 is 0 Å². The molecule has 2 N–H and O–H groups in total. The molecule has 0 aliphatic rings. The number of benzene rings is 1. The highest BCUT2D eigenvalue weighted by atomic mass is 32.2. The maximum absolute atomic E-state index is 13.0. The van der Waals surface area contributed by atoms with Gasteiger partial charge in [0, 0.05) is 0 Å². The minimum absolute atomic E-state index is 0.00829. The lowest BCUT2D eigenvalue weighted by molar-refractivity contribution is 0.590. The van der Waals surface area contributed by atoms with Gasteiger partial charge in [0.05, 0.1) is 16.3 Å². The van der Waals surface area contributed by atoms with Gasteiger partial charge in [-0.05, 0) is 24.6 Å². The van der Waals surface area contributed by atoms with Gasteiger partial charge in [-0.15, -0.1) is 0 Å². The molecule has 0 amide bonds. The topological polar surface area (TPSA) is 60.2 Å². The number of hydrogen-bond donors (Lipinski definition) is 1. The third-order valence-corrected chi connectivity index (χ3v) is 3.72. The molecule has 3 nitrogen and oxygen atoms in total. The van der Waals surface area contributed by atoms with Crippen molar-refractivity contribution < 1.29 is 12.8 Å². The molecule has 0 aliphatic carbocycles. The van der Waals surface area contributed by atoms with E-state index < -0.39 is 15.7 Å². The SMILES string of the molecule is CCCS(=O)(=O)c1ccc(N)c(F)c1. The van der Waals surface area contributed by atoms with Crippen LogP contribution >= 0.6 is 0 Å². The normalized spacial score (nSPS) is 11.6. The molecular formula is C9H12FNO2S. The van der Waals surface area contributed by atoms with Crippen LogP contribution in [0.2, 0.25) is 0 Å². The molecule has 0 saturated heterocycles. The summed E-state index contributed by atoms with van der Waals surface area (Å²) in [4.78, 5) is -0.00829. The molecule has 0 fully saturated rings. The molecule has 0 bridgehead atoms. The molecule has 1 aromatic carbocycles. The fourth-order valence-electron chi connectivity index (χ4n) is 1.09. The Morgan fingerprint density at radius 3 is 2.57 bits per heavy atom. The first-order valence-corrected chi connectivity index (χ1v) is 5.90. The number of halogens is 1. The van der Waals surface area contributed by atoms with E-state index in [2.05, 4.69) is 0 Å². The van der Waals surface area contributed by atoms with E-state index in [9.17, 15) is 12.8 Å². The summed E-state index contributed by atoms with van der Waals surface area (Å²) >= 11 is 0. The van der Waals surface area contributed by atoms with Gasteiger partial charge in [-0.1, -0.05) is 6.92 Å². The van der Waals surface area contributed by atoms with Gasteiger partial charge in [-0.2, -0.15) is 0 Å². The number of hydrogen-bond acceptors (Lipinski definition) is 3. The Hall–Kier alpha value is -1.10. The molecule has 1 rings (SSSR count). The van der Waals surface area contributed by atoms with Crippen LogP contribution in [-0.2, 0) is 9.84 Å². The molecule has 0 aliphatic heterocycles. The first kappa shape index (κ1) is 11.0. The van der Waals surface area contributed by atoms with E-state index in [1.807, 2.05) is 0 Å². The van der Waals surface area contributed by atoms with Crippen molar-refractivity contribution >= 4 is 15.5 Å². The fourth-order valence-corrected chi connectivity index (χ4v) is 2.42. The van der Waals surface area contributed by atoms with Crippen LogP contribution in [0.15, 0.2) is 23.1 Å². The van der Waals surface area contributed by atoms with Crippen LogP contribution in [0.1, 0.15) is 13.3 Å². The average Bonchev–Trinajstić information content (AvgIpc) is 2.09. The van der Waals surface area contributed by atoms with Crippen LogP contribution in [-0.4, -0.2) is 14.2 Å². The van der Waals surface area contributed by atoms with Gasteiger partial charge in [0.25, 0.3) is 0 Å². The van der Waals surface area contributed by atoms with Crippen molar-refractivity contribution in [3.8, 4) is 0 Å². The molecule has 0 atom stereocenters. The number of anilines is 1. The second-order valence-electron chi connectivity index (χ2n) is 3.00. The van der Waals surface area contributed by atoms with Gasteiger partial charge in [0.2, 0.25) is 0 Å². The lowest BCUT2D eigenvalue weighted by Gasteiger charge is -2.03. The van der Waals surface area contributed by atoms with E-state index in [1.165, 1.54) is 12.1 Å². The van der Waals surface area contributed by atoms with E-state index in [1.54, 1.807) is 6.92 Å². The highest BCUT2D eigenvalue weighted by Gasteiger charge is 2.14. The maximum Gasteiger partial charge on any atom is 0.178 e. The van der Waals surface area contributed by atoms with Crippen LogP contribution in [0.25, 0.3) is 0 Å². The molecule has 0 spiro atoms. The van der Waals surface area contributed by atoms with Gasteiger partial charge >= 0.3 is 0 Å². The molecule has 14 heavy (non-hydrogen) atoms. The van der Waals surface area contributed by atoms with Crippen molar-refractivity contribution in [2.75, 3.05) is 11.5 Å². The number of nitrogen functional groups attached to an aromatic ring is 1. The second kappa shape index (κ2) is 3.96. The largest absolute Gasteiger partial charge is 0.396 e. The van der Waals surface area contributed by atoms with Crippen molar-refractivity contribution in [2.24, 2.45) is 0 Å². The molecular weight excluding hydrogens is 205 g/mol. The summed E-state index contributed by atoms with van der Waals surface area (Å²) in [6.07, 6.45) is 0.508. The maximum atomic E-state index is 13.0. The monoisotopic (exact) mass is 217 g/mol. The third-order valence-electron chi connectivity index (χ3n) is 1.80. The van der Waals surface area contributed by atoms with Crippen LogP contribution in [0.5, 0.6) is 0 Å². The molecule has 5 heteroatoms. The first-order chi connectivity index (χ1) is 6.47. The summed E-state index contributed by atoms with van der Waals surface area (Å²) in [6, 6.07) is 3.54. The van der Waals surface area contributed by atoms with Gasteiger partial charge in [0.15, 0.2) is 9.84 Å². The Bertz CT molecular complexity index is 428. The zero-order chi connectivity index (χ0) is 10.8. The highest BCUT2D eigenvalue weighted by Crippen LogP contribution is 2.17. The zero-order valence-corrected chi connectivity index (χ0v) is 8.64. The predicted molar refractivity (Wildman–Crippen MR) is 53.2 cm³/mol. The van der Waals surface area contributed by atoms with Crippen molar-refractivity contribution in [3.05, 3.63) is 24.0 Å². The summed E-state index contributed by atoms with van der Waals surface area (Å²) in [5.74, 6) is -0.668.